The smallest absolute Gasteiger partial charge is 0.252 e. The number of nitrogens with one attached hydrogen (secondary N) is 1. The molecular formula is C14H16FN3O3S. The van der Waals surface area contributed by atoms with Crippen LogP contribution >= 0.6 is 11.3 Å². The van der Waals surface area contributed by atoms with Crippen LogP contribution in [0.15, 0.2) is 24.3 Å². The molecule has 0 aliphatic carbocycles. The highest BCUT2D eigenvalue weighted by atomic mass is 32.1. The van der Waals surface area contributed by atoms with Gasteiger partial charge < -0.3 is 9.47 Å². The van der Waals surface area contributed by atoms with Gasteiger partial charge in [-0.2, -0.15) is 0 Å². The second-order valence-corrected chi connectivity index (χ2v) is 5.46. The molecule has 0 radical (unpaired) electrons. The fraction of sp³-hybridized carbons (Fsp3) is 0.357. The quantitative estimate of drug-likeness (QED) is 0.750. The minimum Gasteiger partial charge on any atom is -0.382 e. The van der Waals surface area contributed by atoms with Crippen LogP contribution in [-0.4, -0.2) is 43.0 Å². The monoisotopic (exact) mass is 325 g/mol. The number of benzene rings is 1. The fourth-order valence-electron chi connectivity index (χ4n) is 1.66. The molecule has 0 saturated heterocycles. The predicted molar refractivity (Wildman–Crippen MR) is 80.4 cm³/mol. The lowest BCUT2D eigenvalue weighted by atomic mass is 10.1. The van der Waals surface area contributed by atoms with Crippen LogP contribution < -0.4 is 5.32 Å². The summed E-state index contributed by atoms with van der Waals surface area (Å²) in [6.07, 6.45) is 0.468. The Balaban J connectivity index is 1.82. The van der Waals surface area contributed by atoms with Gasteiger partial charge in [-0.1, -0.05) is 23.5 Å². The summed E-state index contributed by atoms with van der Waals surface area (Å²) in [4.78, 5) is 11.6. The molecule has 0 saturated carbocycles. The molecule has 8 heteroatoms. The molecule has 0 fully saturated rings. The third kappa shape index (κ3) is 5.47. The molecule has 0 unspecified atom stereocenters. The molecule has 1 aromatic heterocycles. The number of rotatable bonds is 8. The maximum atomic E-state index is 13.1. The average molecular weight is 325 g/mol. The van der Waals surface area contributed by atoms with Crippen LogP contribution in [0, 0.1) is 5.82 Å². The van der Waals surface area contributed by atoms with Crippen molar-refractivity contribution in [3.8, 4) is 0 Å². The summed E-state index contributed by atoms with van der Waals surface area (Å²) in [6, 6.07) is 6.29. The van der Waals surface area contributed by atoms with E-state index in [0.717, 1.165) is 5.56 Å². The number of nitrogens with zero attached hydrogens (tertiary/aromatic N) is 2. The van der Waals surface area contributed by atoms with Crippen LogP contribution in [0.2, 0.25) is 0 Å². The first-order valence-corrected chi connectivity index (χ1v) is 7.42. The normalized spacial score (nSPS) is 10.6. The highest BCUT2D eigenvalue weighted by molar-refractivity contribution is 7.15. The Bertz CT molecular complexity index is 621. The van der Waals surface area contributed by atoms with Gasteiger partial charge in [0.1, 0.15) is 17.4 Å². The molecule has 118 valence electrons. The maximum Gasteiger partial charge on any atom is 0.252 e. The van der Waals surface area contributed by atoms with E-state index in [-0.39, 0.29) is 18.3 Å². The summed E-state index contributed by atoms with van der Waals surface area (Å²) in [7, 11) is 1.56. The first-order chi connectivity index (χ1) is 10.7. The summed E-state index contributed by atoms with van der Waals surface area (Å²) in [5, 5.41) is 11.5. The van der Waals surface area contributed by atoms with Crippen LogP contribution in [0.25, 0.3) is 0 Å². The van der Waals surface area contributed by atoms with Gasteiger partial charge in [0.05, 0.1) is 13.2 Å². The molecule has 0 bridgehead atoms. The molecule has 0 spiro atoms. The predicted octanol–water partition coefficient (Wildman–Crippen LogP) is 1.87. The molecule has 1 N–H and O–H groups in total. The number of carbonyl (C=O) groups is 1. The number of halogens is 1. The summed E-state index contributed by atoms with van der Waals surface area (Å²) in [5.74, 6) is -0.590. The second kappa shape index (κ2) is 8.52. The van der Waals surface area contributed by atoms with Gasteiger partial charge in [0, 0.05) is 13.5 Å². The number of aromatic nitrogens is 2. The number of anilines is 1. The Morgan fingerprint density at radius 3 is 3.00 bits per heavy atom. The standard InChI is InChI=1S/C14H16FN3O3S/c1-20-5-6-21-9-12(19)16-14-18-17-13(22-14)8-10-3-2-4-11(15)7-10/h2-4,7H,5-6,8-9H2,1H3,(H,16,18,19). The maximum absolute atomic E-state index is 13.1. The minimum atomic E-state index is -0.301. The molecule has 6 nitrogen and oxygen atoms in total. The highest BCUT2D eigenvalue weighted by Gasteiger charge is 2.09. The lowest BCUT2D eigenvalue weighted by Gasteiger charge is -2.02. The van der Waals surface area contributed by atoms with Gasteiger partial charge in [0.15, 0.2) is 0 Å². The number of ether oxygens (including phenoxy) is 2. The first kappa shape index (κ1) is 16.5. The van der Waals surface area contributed by atoms with Gasteiger partial charge in [0.2, 0.25) is 5.13 Å². The molecule has 2 aromatic rings. The van der Waals surface area contributed by atoms with Gasteiger partial charge in [-0.05, 0) is 17.7 Å². The van der Waals surface area contributed by atoms with Crippen molar-refractivity contribution in [1.82, 2.24) is 10.2 Å². The Labute approximate surface area is 131 Å². The van der Waals surface area contributed by atoms with Gasteiger partial charge in [-0.25, -0.2) is 4.39 Å². The molecule has 0 aliphatic heterocycles. The lowest BCUT2D eigenvalue weighted by Crippen LogP contribution is -2.19. The van der Waals surface area contributed by atoms with E-state index >= 15 is 0 Å². The number of hydrogen-bond donors (Lipinski definition) is 1. The largest absolute Gasteiger partial charge is 0.382 e. The third-order valence-corrected chi connectivity index (χ3v) is 3.46. The summed E-state index contributed by atoms with van der Waals surface area (Å²) in [5.41, 5.74) is 0.803. The van der Waals surface area contributed by atoms with E-state index < -0.39 is 0 Å². The van der Waals surface area contributed by atoms with Crippen LogP contribution in [0.1, 0.15) is 10.6 Å². The van der Waals surface area contributed by atoms with Crippen molar-refractivity contribution in [2.24, 2.45) is 0 Å². The number of hydrogen-bond acceptors (Lipinski definition) is 6. The van der Waals surface area contributed by atoms with Crippen LogP contribution in [0.5, 0.6) is 0 Å². The number of amides is 1. The molecule has 2 rings (SSSR count). The van der Waals surface area contributed by atoms with E-state index in [9.17, 15) is 9.18 Å². The fourth-order valence-corrected chi connectivity index (χ4v) is 2.45. The van der Waals surface area contributed by atoms with E-state index in [1.54, 1.807) is 13.2 Å². The van der Waals surface area contributed by atoms with Gasteiger partial charge in [-0.15, -0.1) is 10.2 Å². The first-order valence-electron chi connectivity index (χ1n) is 6.60. The van der Waals surface area contributed by atoms with Crippen molar-refractivity contribution in [3.05, 3.63) is 40.7 Å². The minimum absolute atomic E-state index is 0.0673. The molecule has 0 aliphatic rings. The van der Waals surface area contributed by atoms with E-state index in [1.165, 1.54) is 23.5 Å². The SMILES string of the molecule is COCCOCC(=O)Nc1nnc(Cc2cccc(F)c2)s1. The molecule has 22 heavy (non-hydrogen) atoms. The summed E-state index contributed by atoms with van der Waals surface area (Å²) >= 11 is 1.25. The Kier molecular flexibility index (Phi) is 6.38. The third-order valence-electron chi connectivity index (χ3n) is 2.62. The van der Waals surface area contributed by atoms with Crippen molar-refractivity contribution < 1.29 is 18.7 Å². The topological polar surface area (TPSA) is 73.3 Å². The highest BCUT2D eigenvalue weighted by Crippen LogP contribution is 2.18. The zero-order valence-corrected chi connectivity index (χ0v) is 12.9. The molecule has 1 aromatic carbocycles. The van der Waals surface area contributed by atoms with Crippen molar-refractivity contribution in [2.75, 3.05) is 32.2 Å². The van der Waals surface area contributed by atoms with Crippen LogP contribution in [-0.2, 0) is 20.7 Å². The molecular weight excluding hydrogens is 309 g/mol. The second-order valence-electron chi connectivity index (χ2n) is 4.40. The van der Waals surface area contributed by atoms with Crippen LogP contribution in [0.3, 0.4) is 0 Å². The lowest BCUT2D eigenvalue weighted by molar-refractivity contribution is -0.121. The van der Waals surface area contributed by atoms with Crippen LogP contribution in [0.4, 0.5) is 9.52 Å². The van der Waals surface area contributed by atoms with E-state index in [1.807, 2.05) is 6.07 Å². The van der Waals surface area contributed by atoms with E-state index in [4.69, 9.17) is 9.47 Å². The van der Waals surface area contributed by atoms with Gasteiger partial charge in [0.25, 0.3) is 5.91 Å². The zero-order valence-electron chi connectivity index (χ0n) is 12.0. The Hall–Kier alpha value is -1.90. The van der Waals surface area contributed by atoms with Crippen molar-refractivity contribution >= 4 is 22.4 Å². The van der Waals surface area contributed by atoms with E-state index in [2.05, 4.69) is 15.5 Å². The van der Waals surface area contributed by atoms with Crippen molar-refractivity contribution in [2.45, 2.75) is 6.42 Å². The van der Waals surface area contributed by atoms with Crippen molar-refractivity contribution in [3.63, 3.8) is 0 Å². The van der Waals surface area contributed by atoms with Gasteiger partial charge in [-0.3, -0.25) is 10.1 Å². The average Bonchev–Trinajstić information content (AvgIpc) is 2.91. The summed E-state index contributed by atoms with van der Waals surface area (Å²) in [6.45, 7) is 0.719. The zero-order chi connectivity index (χ0) is 15.8. The molecule has 1 heterocycles. The number of carbonyl (C=O) groups excluding carboxylic acids is 1. The Morgan fingerprint density at radius 2 is 2.23 bits per heavy atom. The van der Waals surface area contributed by atoms with Gasteiger partial charge >= 0.3 is 0 Å². The van der Waals surface area contributed by atoms with Crippen molar-refractivity contribution in [1.29, 1.82) is 0 Å². The number of methoxy groups -OCH3 is 1. The molecule has 1 amide bonds. The summed E-state index contributed by atoms with van der Waals surface area (Å²) < 4.78 is 23.0. The van der Waals surface area contributed by atoms with E-state index in [0.29, 0.717) is 29.8 Å². The molecule has 0 atom stereocenters. The Morgan fingerprint density at radius 1 is 1.36 bits per heavy atom.